The van der Waals surface area contributed by atoms with Gasteiger partial charge in [-0.1, -0.05) is 18.2 Å². The van der Waals surface area contributed by atoms with Crippen molar-refractivity contribution < 1.29 is 4.79 Å². The second-order valence-electron chi connectivity index (χ2n) is 8.49. The Kier molecular flexibility index (Phi) is 6.32. The van der Waals surface area contributed by atoms with Crippen LogP contribution in [0.25, 0.3) is 5.70 Å². The van der Waals surface area contributed by atoms with Gasteiger partial charge in [0.05, 0.1) is 17.1 Å². The number of para-hydroxylation sites is 2. The first kappa shape index (κ1) is 21.1. The molecule has 0 radical (unpaired) electrons. The molecule has 3 heterocycles. The first-order valence-electron chi connectivity index (χ1n) is 10.8. The summed E-state index contributed by atoms with van der Waals surface area (Å²) in [5.41, 5.74) is 9.82. The van der Waals surface area contributed by atoms with Crippen LogP contribution in [0.1, 0.15) is 24.8 Å². The van der Waals surface area contributed by atoms with Crippen LogP contribution in [-0.2, 0) is 4.79 Å². The van der Waals surface area contributed by atoms with Crippen LogP contribution in [0.2, 0.25) is 0 Å². The van der Waals surface area contributed by atoms with E-state index in [1.165, 1.54) is 0 Å². The molecule has 31 heavy (non-hydrogen) atoms. The van der Waals surface area contributed by atoms with Gasteiger partial charge in [0.1, 0.15) is 11.5 Å². The summed E-state index contributed by atoms with van der Waals surface area (Å²) in [6.45, 7) is 3.13. The highest BCUT2D eigenvalue weighted by atomic mass is 16.1. The number of aromatic nitrogens is 1. The molecule has 3 N–H and O–H groups in total. The van der Waals surface area contributed by atoms with Gasteiger partial charge in [0.2, 0.25) is 0 Å². The van der Waals surface area contributed by atoms with Crippen molar-refractivity contribution in [2.45, 2.75) is 19.3 Å². The molecule has 1 aromatic heterocycles. The van der Waals surface area contributed by atoms with Crippen LogP contribution >= 0.6 is 0 Å². The van der Waals surface area contributed by atoms with E-state index in [1.54, 1.807) is 12.3 Å². The van der Waals surface area contributed by atoms with Crippen LogP contribution in [0.5, 0.6) is 0 Å². The Hall–Kier alpha value is -3.19. The van der Waals surface area contributed by atoms with Gasteiger partial charge in [0, 0.05) is 37.8 Å². The summed E-state index contributed by atoms with van der Waals surface area (Å²) in [7, 11) is 4.26. The summed E-state index contributed by atoms with van der Waals surface area (Å²) in [6, 6.07) is 11.6. The lowest BCUT2D eigenvalue weighted by atomic mass is 9.96. The van der Waals surface area contributed by atoms with Crippen molar-refractivity contribution >= 4 is 34.5 Å². The van der Waals surface area contributed by atoms with Gasteiger partial charge in [-0.2, -0.15) is 0 Å². The number of carbonyl (C=O) groups excluding carboxylic acids is 1. The number of benzene rings is 1. The SMILES string of the molecule is CN(C)CC1CCN(c2ccccc2NC(=O)C2=NC(c3ccnc(N)c3)=CC2)CC1. The highest BCUT2D eigenvalue weighted by molar-refractivity contribution is 6.45. The fourth-order valence-electron chi connectivity index (χ4n) is 4.29. The lowest BCUT2D eigenvalue weighted by Gasteiger charge is -2.35. The van der Waals surface area contributed by atoms with E-state index in [4.69, 9.17) is 5.73 Å². The highest BCUT2D eigenvalue weighted by Crippen LogP contribution is 2.30. The van der Waals surface area contributed by atoms with E-state index in [0.29, 0.717) is 18.0 Å². The molecule has 4 rings (SSSR count). The molecule has 2 aromatic rings. The molecule has 0 spiro atoms. The first-order chi connectivity index (χ1) is 15.0. The van der Waals surface area contributed by atoms with Crippen molar-refractivity contribution in [2.24, 2.45) is 10.9 Å². The number of nitrogens with two attached hydrogens (primary N) is 1. The predicted molar refractivity (Wildman–Crippen MR) is 127 cm³/mol. The normalized spacial score (nSPS) is 16.9. The first-order valence-corrected chi connectivity index (χ1v) is 10.8. The summed E-state index contributed by atoms with van der Waals surface area (Å²) in [5.74, 6) is 1.01. The quantitative estimate of drug-likeness (QED) is 0.752. The molecule has 162 valence electrons. The second-order valence-corrected chi connectivity index (χ2v) is 8.49. The molecule has 7 heteroatoms. The predicted octanol–water partition coefficient (Wildman–Crippen LogP) is 3.27. The zero-order chi connectivity index (χ0) is 21.8. The number of nitrogen functional groups attached to an aromatic ring is 1. The van der Waals surface area contributed by atoms with Crippen molar-refractivity contribution in [1.82, 2.24) is 9.88 Å². The molecule has 0 aliphatic carbocycles. The monoisotopic (exact) mass is 418 g/mol. The van der Waals surface area contributed by atoms with Gasteiger partial charge in [0.15, 0.2) is 0 Å². The number of rotatable bonds is 6. The Morgan fingerprint density at radius 2 is 2.00 bits per heavy atom. The van der Waals surface area contributed by atoms with E-state index in [1.807, 2.05) is 30.3 Å². The van der Waals surface area contributed by atoms with Gasteiger partial charge in [-0.25, -0.2) is 9.98 Å². The van der Waals surface area contributed by atoms with E-state index in [-0.39, 0.29) is 5.91 Å². The number of anilines is 3. The van der Waals surface area contributed by atoms with Gasteiger partial charge >= 0.3 is 0 Å². The third-order valence-corrected chi connectivity index (χ3v) is 5.81. The van der Waals surface area contributed by atoms with E-state index in [9.17, 15) is 4.79 Å². The molecule has 2 aliphatic rings. The van der Waals surface area contributed by atoms with E-state index >= 15 is 0 Å². The largest absolute Gasteiger partial charge is 0.384 e. The molecule has 0 bridgehead atoms. The maximum absolute atomic E-state index is 12.9. The Morgan fingerprint density at radius 1 is 1.23 bits per heavy atom. The summed E-state index contributed by atoms with van der Waals surface area (Å²) in [4.78, 5) is 26.1. The molecular weight excluding hydrogens is 388 g/mol. The van der Waals surface area contributed by atoms with E-state index in [0.717, 1.165) is 61.0 Å². The molecule has 1 fully saturated rings. The molecule has 0 atom stereocenters. The Bertz CT molecular complexity index is 1000. The van der Waals surface area contributed by atoms with Crippen LogP contribution in [0.3, 0.4) is 0 Å². The average molecular weight is 419 g/mol. The lowest BCUT2D eigenvalue weighted by molar-refractivity contribution is -0.110. The fraction of sp³-hybridized carbons (Fsp3) is 0.375. The van der Waals surface area contributed by atoms with Crippen molar-refractivity contribution in [1.29, 1.82) is 0 Å². The number of nitrogens with zero attached hydrogens (tertiary/aromatic N) is 4. The maximum Gasteiger partial charge on any atom is 0.270 e. The van der Waals surface area contributed by atoms with Crippen molar-refractivity contribution in [3.8, 4) is 0 Å². The Balaban J connectivity index is 1.43. The molecular formula is C24H30N6O. The van der Waals surface area contributed by atoms with Crippen LogP contribution in [-0.4, -0.2) is 55.2 Å². The van der Waals surface area contributed by atoms with Crippen LogP contribution in [0, 0.1) is 5.92 Å². The molecule has 0 unspecified atom stereocenters. The number of allylic oxidation sites excluding steroid dienone is 1. The van der Waals surface area contributed by atoms with Crippen molar-refractivity contribution in [3.05, 3.63) is 54.2 Å². The molecule has 2 aliphatic heterocycles. The number of pyridine rings is 1. The van der Waals surface area contributed by atoms with Gasteiger partial charge in [-0.3, -0.25) is 4.79 Å². The fourth-order valence-corrected chi connectivity index (χ4v) is 4.29. The highest BCUT2D eigenvalue weighted by Gasteiger charge is 2.23. The zero-order valence-electron chi connectivity index (χ0n) is 18.2. The minimum absolute atomic E-state index is 0.164. The number of aliphatic imine (C=N–C) groups is 1. The molecule has 1 saturated heterocycles. The molecule has 7 nitrogen and oxygen atoms in total. The zero-order valence-corrected chi connectivity index (χ0v) is 18.2. The Morgan fingerprint density at radius 3 is 2.74 bits per heavy atom. The number of amides is 1. The van der Waals surface area contributed by atoms with Crippen LogP contribution < -0.4 is 16.0 Å². The van der Waals surface area contributed by atoms with E-state index in [2.05, 4.69) is 45.3 Å². The number of hydrogen-bond donors (Lipinski definition) is 2. The molecule has 1 amide bonds. The van der Waals surface area contributed by atoms with Gasteiger partial charge < -0.3 is 20.9 Å². The number of piperidine rings is 1. The van der Waals surface area contributed by atoms with Gasteiger partial charge in [-0.15, -0.1) is 0 Å². The average Bonchev–Trinajstić information content (AvgIpc) is 3.25. The van der Waals surface area contributed by atoms with Crippen molar-refractivity contribution in [3.63, 3.8) is 0 Å². The number of hydrogen-bond acceptors (Lipinski definition) is 6. The summed E-state index contributed by atoms with van der Waals surface area (Å²) < 4.78 is 0. The summed E-state index contributed by atoms with van der Waals surface area (Å²) >= 11 is 0. The topological polar surface area (TPSA) is 86.8 Å². The van der Waals surface area contributed by atoms with Crippen LogP contribution in [0.4, 0.5) is 17.2 Å². The van der Waals surface area contributed by atoms with Gasteiger partial charge in [0.25, 0.3) is 5.91 Å². The van der Waals surface area contributed by atoms with Crippen LogP contribution in [0.15, 0.2) is 53.7 Å². The maximum atomic E-state index is 12.9. The lowest BCUT2D eigenvalue weighted by Crippen LogP contribution is -2.37. The summed E-state index contributed by atoms with van der Waals surface area (Å²) in [5, 5.41) is 3.09. The van der Waals surface area contributed by atoms with Crippen molar-refractivity contribution in [2.75, 3.05) is 49.7 Å². The third-order valence-electron chi connectivity index (χ3n) is 5.81. The minimum Gasteiger partial charge on any atom is -0.384 e. The number of carbonyl (C=O) groups is 1. The smallest absolute Gasteiger partial charge is 0.270 e. The number of nitrogens with one attached hydrogen (secondary N) is 1. The minimum atomic E-state index is -0.164. The molecule has 0 saturated carbocycles. The second kappa shape index (κ2) is 9.31. The third kappa shape index (κ3) is 5.11. The molecule has 1 aromatic carbocycles. The Labute approximate surface area is 183 Å². The standard InChI is InChI=1S/C24H30N6O/c1-29(2)16-17-10-13-30(14-11-17)22-6-4-3-5-20(22)28-24(31)21-8-7-19(27-21)18-9-12-26-23(25)15-18/h3-7,9,12,15,17H,8,10-11,13-14,16H2,1-2H3,(H2,25,26)(H,28,31). The summed E-state index contributed by atoms with van der Waals surface area (Å²) in [6.07, 6.45) is 6.43. The van der Waals surface area contributed by atoms with E-state index < -0.39 is 0 Å². The van der Waals surface area contributed by atoms with Gasteiger partial charge in [-0.05, 0) is 57.1 Å².